The summed E-state index contributed by atoms with van der Waals surface area (Å²) in [6.45, 7) is 3.25. The second kappa shape index (κ2) is 9.23. The minimum Gasteiger partial charge on any atom is -0.468 e. The molecule has 0 saturated carbocycles. The molecule has 0 unspecified atom stereocenters. The number of hydrogen-bond donors (Lipinski definition) is 1. The SMILES string of the molecule is COC(=O)CN1CCN(c2nc3c(c(=O)[nH]c(=O)n3C)n2C/C=C/c2ccccc2)CC1. The van der Waals surface area contributed by atoms with Gasteiger partial charge in [-0.25, -0.2) is 4.79 Å². The summed E-state index contributed by atoms with van der Waals surface area (Å²) in [6.07, 6.45) is 3.96. The minimum atomic E-state index is -0.499. The molecule has 1 aliphatic heterocycles. The largest absolute Gasteiger partial charge is 0.468 e. The average Bonchev–Trinajstić information content (AvgIpc) is 3.19. The van der Waals surface area contributed by atoms with E-state index in [1.54, 1.807) is 7.05 Å². The van der Waals surface area contributed by atoms with Gasteiger partial charge >= 0.3 is 11.7 Å². The molecule has 10 heteroatoms. The maximum absolute atomic E-state index is 12.7. The third kappa shape index (κ3) is 4.35. The molecular weight excluding hydrogens is 412 g/mol. The molecule has 0 bridgehead atoms. The molecule has 2 aromatic heterocycles. The molecule has 10 nitrogen and oxygen atoms in total. The third-order valence-corrected chi connectivity index (χ3v) is 5.62. The molecule has 3 aromatic rings. The van der Waals surface area contributed by atoms with Crippen molar-refractivity contribution in [2.75, 3.05) is 44.7 Å². The molecule has 1 aromatic carbocycles. The first-order valence-corrected chi connectivity index (χ1v) is 10.4. The number of nitrogens with one attached hydrogen (secondary N) is 1. The van der Waals surface area contributed by atoms with Crippen LogP contribution in [0.5, 0.6) is 0 Å². The van der Waals surface area contributed by atoms with Gasteiger partial charge < -0.3 is 14.2 Å². The number of nitrogens with zero attached hydrogens (tertiary/aromatic N) is 5. The lowest BCUT2D eigenvalue weighted by Crippen LogP contribution is -2.48. The molecule has 4 rings (SSSR count). The van der Waals surface area contributed by atoms with Crippen LogP contribution in [0, 0.1) is 0 Å². The normalized spacial score (nSPS) is 15.0. The van der Waals surface area contributed by atoms with Gasteiger partial charge in [0, 0.05) is 39.8 Å². The Bertz CT molecular complexity index is 1250. The number of piperazine rings is 1. The Morgan fingerprint density at radius 2 is 1.88 bits per heavy atom. The predicted octanol–water partition coefficient (Wildman–Crippen LogP) is 0.432. The highest BCUT2D eigenvalue weighted by molar-refractivity contribution is 5.75. The summed E-state index contributed by atoms with van der Waals surface area (Å²) in [5, 5.41) is 0. The van der Waals surface area contributed by atoms with Crippen molar-refractivity contribution in [1.29, 1.82) is 0 Å². The molecule has 0 atom stereocenters. The number of fused-ring (bicyclic) bond motifs is 1. The number of carbonyl (C=O) groups is 1. The number of methoxy groups -OCH3 is 1. The van der Waals surface area contributed by atoms with E-state index in [2.05, 4.69) is 14.9 Å². The summed E-state index contributed by atoms with van der Waals surface area (Å²) in [5.74, 6) is 0.361. The van der Waals surface area contributed by atoms with Gasteiger partial charge in [-0.05, 0) is 5.56 Å². The molecule has 0 spiro atoms. The van der Waals surface area contributed by atoms with Crippen LogP contribution in [0.25, 0.3) is 17.2 Å². The van der Waals surface area contributed by atoms with Crippen LogP contribution in [0.15, 0.2) is 46.0 Å². The summed E-state index contributed by atoms with van der Waals surface area (Å²) in [5.41, 5.74) is 0.799. The highest BCUT2D eigenvalue weighted by Crippen LogP contribution is 2.21. The molecule has 0 amide bonds. The molecule has 0 radical (unpaired) electrons. The van der Waals surface area contributed by atoms with E-state index in [-0.39, 0.29) is 12.5 Å². The number of benzene rings is 1. The summed E-state index contributed by atoms with van der Waals surface area (Å²) in [4.78, 5) is 47.5. The van der Waals surface area contributed by atoms with Crippen molar-refractivity contribution < 1.29 is 9.53 Å². The number of aromatic amines is 1. The van der Waals surface area contributed by atoms with E-state index < -0.39 is 11.2 Å². The number of anilines is 1. The van der Waals surface area contributed by atoms with Crippen LogP contribution in [0.3, 0.4) is 0 Å². The number of rotatable bonds is 6. The Morgan fingerprint density at radius 1 is 1.16 bits per heavy atom. The van der Waals surface area contributed by atoms with Crippen molar-refractivity contribution in [2.24, 2.45) is 7.05 Å². The van der Waals surface area contributed by atoms with Gasteiger partial charge in [-0.15, -0.1) is 0 Å². The molecule has 32 heavy (non-hydrogen) atoms. The standard InChI is InChI=1S/C22H26N6O4/c1-25-19-18(20(30)24-22(25)31)28(10-6-9-16-7-4-3-5-8-16)21(23-19)27-13-11-26(12-14-27)15-17(29)32-2/h3-9H,10-15H2,1-2H3,(H,24,30,31)/b9-6+. The zero-order valence-corrected chi connectivity index (χ0v) is 18.2. The average molecular weight is 438 g/mol. The van der Waals surface area contributed by atoms with Gasteiger partial charge in [0.2, 0.25) is 5.95 Å². The number of hydrogen-bond acceptors (Lipinski definition) is 7. The lowest BCUT2D eigenvalue weighted by Gasteiger charge is -2.34. The fourth-order valence-electron chi connectivity index (χ4n) is 3.85. The van der Waals surface area contributed by atoms with Gasteiger partial charge in [-0.3, -0.25) is 24.0 Å². The van der Waals surface area contributed by atoms with Crippen LogP contribution in [-0.2, 0) is 23.1 Å². The van der Waals surface area contributed by atoms with Gasteiger partial charge in [0.1, 0.15) is 0 Å². The zero-order valence-electron chi connectivity index (χ0n) is 18.2. The van der Waals surface area contributed by atoms with E-state index in [9.17, 15) is 14.4 Å². The van der Waals surface area contributed by atoms with Gasteiger partial charge in [0.25, 0.3) is 5.56 Å². The van der Waals surface area contributed by atoms with Crippen molar-refractivity contribution in [1.82, 2.24) is 24.0 Å². The Hall–Kier alpha value is -3.66. The van der Waals surface area contributed by atoms with Crippen LogP contribution in [0.1, 0.15) is 5.56 Å². The van der Waals surface area contributed by atoms with E-state index in [4.69, 9.17) is 4.74 Å². The molecular formula is C22H26N6O4. The Morgan fingerprint density at radius 3 is 2.56 bits per heavy atom. The Kier molecular flexibility index (Phi) is 6.22. The topological polar surface area (TPSA) is 105 Å². The molecule has 168 valence electrons. The molecule has 1 aliphatic rings. The van der Waals surface area contributed by atoms with E-state index in [0.717, 1.165) is 5.56 Å². The highest BCUT2D eigenvalue weighted by Gasteiger charge is 2.25. The lowest BCUT2D eigenvalue weighted by molar-refractivity contribution is -0.142. The summed E-state index contributed by atoms with van der Waals surface area (Å²) < 4.78 is 7.94. The second-order valence-electron chi connectivity index (χ2n) is 7.67. The van der Waals surface area contributed by atoms with Crippen molar-refractivity contribution in [3.63, 3.8) is 0 Å². The smallest absolute Gasteiger partial charge is 0.329 e. The quantitative estimate of drug-likeness (QED) is 0.557. The molecule has 1 N–H and O–H groups in total. The summed E-state index contributed by atoms with van der Waals surface area (Å²) in [6, 6.07) is 9.89. The number of H-pyrrole nitrogens is 1. The zero-order chi connectivity index (χ0) is 22.7. The van der Waals surface area contributed by atoms with E-state index >= 15 is 0 Å². The van der Waals surface area contributed by atoms with Crippen LogP contribution >= 0.6 is 0 Å². The number of allylic oxidation sites excluding steroid dienone is 1. The van der Waals surface area contributed by atoms with Crippen molar-refractivity contribution in [3.05, 3.63) is 62.8 Å². The second-order valence-corrected chi connectivity index (χ2v) is 7.67. The maximum Gasteiger partial charge on any atom is 0.329 e. The van der Waals surface area contributed by atoms with Crippen LogP contribution in [-0.4, -0.2) is 69.8 Å². The number of aryl methyl sites for hydroxylation is 1. The number of imidazole rings is 1. The van der Waals surface area contributed by atoms with E-state index in [1.807, 2.05) is 52.0 Å². The Labute approximate surface area is 184 Å². The first kappa shape index (κ1) is 21.6. The number of ether oxygens (including phenoxy) is 1. The van der Waals surface area contributed by atoms with Gasteiger partial charge in [0.05, 0.1) is 13.7 Å². The van der Waals surface area contributed by atoms with Crippen molar-refractivity contribution in [3.8, 4) is 0 Å². The number of carbonyl (C=O) groups excluding carboxylic acids is 1. The number of aromatic nitrogens is 4. The van der Waals surface area contributed by atoms with Crippen molar-refractivity contribution >= 4 is 29.2 Å². The highest BCUT2D eigenvalue weighted by atomic mass is 16.5. The first-order valence-electron chi connectivity index (χ1n) is 10.4. The first-order chi connectivity index (χ1) is 15.5. The number of esters is 1. The minimum absolute atomic E-state index is 0.245. The van der Waals surface area contributed by atoms with Crippen LogP contribution < -0.4 is 16.1 Å². The fraction of sp³-hybridized carbons (Fsp3) is 0.364. The summed E-state index contributed by atoms with van der Waals surface area (Å²) >= 11 is 0. The third-order valence-electron chi connectivity index (χ3n) is 5.62. The molecule has 0 aliphatic carbocycles. The van der Waals surface area contributed by atoms with Crippen LogP contribution in [0.4, 0.5) is 5.95 Å². The van der Waals surface area contributed by atoms with Crippen molar-refractivity contribution in [2.45, 2.75) is 6.54 Å². The van der Waals surface area contributed by atoms with Crippen LogP contribution in [0.2, 0.25) is 0 Å². The summed E-state index contributed by atoms with van der Waals surface area (Å²) in [7, 11) is 2.97. The molecule has 1 fully saturated rings. The van der Waals surface area contributed by atoms with E-state index in [1.165, 1.54) is 11.7 Å². The van der Waals surface area contributed by atoms with Gasteiger partial charge in [0.15, 0.2) is 11.2 Å². The van der Waals surface area contributed by atoms with E-state index in [0.29, 0.717) is 49.8 Å². The molecule has 1 saturated heterocycles. The lowest BCUT2D eigenvalue weighted by atomic mass is 10.2. The maximum atomic E-state index is 12.7. The predicted molar refractivity (Wildman–Crippen MR) is 122 cm³/mol. The molecule has 3 heterocycles. The van der Waals surface area contributed by atoms with Gasteiger partial charge in [-0.1, -0.05) is 42.5 Å². The fourth-order valence-corrected chi connectivity index (χ4v) is 3.85. The Balaban J connectivity index is 1.66. The monoisotopic (exact) mass is 438 g/mol. The van der Waals surface area contributed by atoms with Gasteiger partial charge in [-0.2, -0.15) is 4.98 Å².